The number of thiophene rings is 1. The number of ether oxygens (including phenoxy) is 1. The summed E-state index contributed by atoms with van der Waals surface area (Å²) in [5.41, 5.74) is 3.29. The van der Waals surface area contributed by atoms with E-state index in [1.54, 1.807) is 23.3 Å². The zero-order chi connectivity index (χ0) is 26.2. The van der Waals surface area contributed by atoms with E-state index in [1.807, 2.05) is 65.0 Å². The van der Waals surface area contributed by atoms with Gasteiger partial charge in [0, 0.05) is 41.6 Å². The highest BCUT2D eigenvalue weighted by Crippen LogP contribution is 2.20. The summed E-state index contributed by atoms with van der Waals surface area (Å²) in [6.07, 6.45) is 3.07. The number of H-pyrrole nitrogens is 1. The van der Waals surface area contributed by atoms with Gasteiger partial charge in [0.25, 0.3) is 0 Å². The number of nitrogens with one attached hydrogen (secondary N) is 1. The van der Waals surface area contributed by atoms with Crippen molar-refractivity contribution in [3.05, 3.63) is 88.2 Å². The number of aromatic amines is 1. The van der Waals surface area contributed by atoms with Crippen LogP contribution in [0, 0.1) is 5.92 Å². The quantitative estimate of drug-likeness (QED) is 0.268. The highest BCUT2D eigenvalue weighted by molar-refractivity contribution is 7.10. The Labute approximate surface area is 222 Å². The summed E-state index contributed by atoms with van der Waals surface area (Å²) in [5, 5.41) is 3.15. The van der Waals surface area contributed by atoms with E-state index in [4.69, 9.17) is 4.74 Å². The zero-order valence-corrected chi connectivity index (χ0v) is 22.6. The van der Waals surface area contributed by atoms with Crippen LogP contribution in [0.5, 0.6) is 5.75 Å². The molecule has 0 spiro atoms. The number of rotatable bonds is 12. The molecule has 4 aromatic rings. The molecule has 0 bridgehead atoms. The Hall–Kier alpha value is -3.58. The summed E-state index contributed by atoms with van der Waals surface area (Å²) in [7, 11) is 1.64. The van der Waals surface area contributed by atoms with Gasteiger partial charge in [0.1, 0.15) is 5.75 Å². The number of carbonyl (C=O) groups excluding carboxylic acids is 2. The van der Waals surface area contributed by atoms with Crippen LogP contribution in [0.15, 0.2) is 72.2 Å². The molecule has 0 unspecified atom stereocenters. The molecule has 2 aromatic carbocycles. The van der Waals surface area contributed by atoms with E-state index < -0.39 is 0 Å². The van der Waals surface area contributed by atoms with Crippen molar-refractivity contribution in [3.63, 3.8) is 0 Å². The van der Waals surface area contributed by atoms with Gasteiger partial charge in [-0.3, -0.25) is 9.59 Å². The molecule has 0 radical (unpaired) electrons. The van der Waals surface area contributed by atoms with E-state index >= 15 is 0 Å². The van der Waals surface area contributed by atoms with Gasteiger partial charge >= 0.3 is 0 Å². The van der Waals surface area contributed by atoms with Crippen LogP contribution in [-0.4, -0.2) is 53.3 Å². The highest BCUT2D eigenvalue weighted by Gasteiger charge is 2.23. The van der Waals surface area contributed by atoms with Gasteiger partial charge in [-0.25, -0.2) is 0 Å². The number of nitrogens with zero attached hydrogens (tertiary/aromatic N) is 2. The molecule has 2 amide bonds. The van der Waals surface area contributed by atoms with Gasteiger partial charge in [-0.05, 0) is 53.1 Å². The monoisotopic (exact) mass is 517 g/mol. The van der Waals surface area contributed by atoms with Crippen LogP contribution in [0.2, 0.25) is 0 Å². The van der Waals surface area contributed by atoms with Gasteiger partial charge in [-0.2, -0.15) is 0 Å². The Morgan fingerprint density at radius 2 is 1.76 bits per heavy atom. The average molecular weight is 518 g/mol. The predicted octanol–water partition coefficient (Wildman–Crippen LogP) is 5.54. The molecule has 37 heavy (non-hydrogen) atoms. The van der Waals surface area contributed by atoms with Crippen LogP contribution in [0.1, 0.15) is 29.9 Å². The fraction of sp³-hybridized carbons (Fsp3) is 0.333. The van der Waals surface area contributed by atoms with Crippen molar-refractivity contribution in [2.45, 2.75) is 33.2 Å². The number of hydrogen-bond donors (Lipinski definition) is 1. The van der Waals surface area contributed by atoms with Crippen molar-refractivity contribution in [1.82, 2.24) is 14.8 Å². The van der Waals surface area contributed by atoms with Gasteiger partial charge in [-0.15, -0.1) is 11.3 Å². The molecule has 0 saturated heterocycles. The van der Waals surface area contributed by atoms with Gasteiger partial charge in [0.15, 0.2) is 0 Å². The molecule has 0 aliphatic heterocycles. The van der Waals surface area contributed by atoms with Crippen LogP contribution in [0.3, 0.4) is 0 Å². The van der Waals surface area contributed by atoms with Crippen molar-refractivity contribution in [2.75, 3.05) is 26.7 Å². The highest BCUT2D eigenvalue weighted by atomic mass is 32.1. The molecule has 0 atom stereocenters. The minimum absolute atomic E-state index is 0.00877. The number of amides is 2. The summed E-state index contributed by atoms with van der Waals surface area (Å²) in [4.78, 5) is 34.8. The fourth-order valence-corrected chi connectivity index (χ4v) is 5.17. The van der Waals surface area contributed by atoms with E-state index in [0.29, 0.717) is 26.1 Å². The number of carbonyl (C=O) groups is 2. The van der Waals surface area contributed by atoms with E-state index in [-0.39, 0.29) is 24.3 Å². The minimum atomic E-state index is -0.0455. The second kappa shape index (κ2) is 12.6. The van der Waals surface area contributed by atoms with Crippen LogP contribution in [0.25, 0.3) is 10.9 Å². The van der Waals surface area contributed by atoms with E-state index in [2.05, 4.69) is 31.0 Å². The molecule has 1 N–H and O–H groups in total. The summed E-state index contributed by atoms with van der Waals surface area (Å²) < 4.78 is 5.29. The van der Waals surface area contributed by atoms with Crippen molar-refractivity contribution < 1.29 is 14.3 Å². The number of methoxy groups -OCH3 is 1. The predicted molar refractivity (Wildman–Crippen MR) is 150 cm³/mol. The third kappa shape index (κ3) is 7.23. The molecule has 0 fully saturated rings. The molecular formula is C30H35N3O3S. The van der Waals surface area contributed by atoms with Crippen molar-refractivity contribution in [3.8, 4) is 5.75 Å². The summed E-state index contributed by atoms with van der Waals surface area (Å²) >= 11 is 1.57. The normalized spacial score (nSPS) is 11.1. The Morgan fingerprint density at radius 3 is 2.46 bits per heavy atom. The van der Waals surface area contributed by atoms with E-state index in [9.17, 15) is 9.59 Å². The fourth-order valence-electron chi connectivity index (χ4n) is 4.47. The number of para-hydroxylation sites is 1. The Balaban J connectivity index is 1.51. The second-order valence-corrected chi connectivity index (χ2v) is 10.7. The summed E-state index contributed by atoms with van der Waals surface area (Å²) in [6, 6.07) is 19.9. The maximum atomic E-state index is 13.7. The molecule has 0 saturated carbocycles. The first-order chi connectivity index (χ1) is 17.9. The first-order valence-electron chi connectivity index (χ1n) is 12.7. The van der Waals surface area contributed by atoms with Gasteiger partial charge in [-0.1, -0.05) is 50.2 Å². The van der Waals surface area contributed by atoms with Crippen LogP contribution < -0.4 is 4.74 Å². The van der Waals surface area contributed by atoms with Gasteiger partial charge < -0.3 is 19.5 Å². The Morgan fingerprint density at radius 1 is 0.973 bits per heavy atom. The molecular weight excluding hydrogens is 482 g/mol. The largest absolute Gasteiger partial charge is 0.497 e. The molecule has 7 heteroatoms. The van der Waals surface area contributed by atoms with E-state index in [1.165, 1.54) is 10.9 Å². The van der Waals surface area contributed by atoms with Crippen molar-refractivity contribution in [1.29, 1.82) is 0 Å². The number of aromatic nitrogens is 1. The number of fused-ring (bicyclic) bond motifs is 1. The lowest BCUT2D eigenvalue weighted by Crippen LogP contribution is -2.45. The maximum Gasteiger partial charge on any atom is 0.242 e. The van der Waals surface area contributed by atoms with Crippen LogP contribution in [-0.2, 0) is 29.0 Å². The third-order valence-electron chi connectivity index (χ3n) is 6.38. The Bertz CT molecular complexity index is 1300. The van der Waals surface area contributed by atoms with Crippen LogP contribution >= 0.6 is 11.3 Å². The lowest BCUT2D eigenvalue weighted by atomic mass is 10.1. The van der Waals surface area contributed by atoms with Gasteiger partial charge in [0.05, 0.1) is 20.1 Å². The average Bonchev–Trinajstić information content (AvgIpc) is 3.56. The lowest BCUT2D eigenvalue weighted by Gasteiger charge is -2.29. The number of hydrogen-bond acceptors (Lipinski definition) is 4. The number of benzene rings is 2. The zero-order valence-electron chi connectivity index (χ0n) is 21.8. The molecule has 0 aliphatic rings. The topological polar surface area (TPSA) is 65.6 Å². The summed E-state index contributed by atoms with van der Waals surface area (Å²) in [5.74, 6) is 0.991. The molecule has 6 nitrogen and oxygen atoms in total. The first-order valence-corrected chi connectivity index (χ1v) is 13.6. The smallest absolute Gasteiger partial charge is 0.242 e. The summed E-state index contributed by atoms with van der Waals surface area (Å²) in [6.45, 7) is 5.80. The molecule has 2 aromatic heterocycles. The lowest BCUT2D eigenvalue weighted by molar-refractivity contribution is -0.141. The molecule has 2 heterocycles. The Kier molecular flexibility index (Phi) is 9.01. The first kappa shape index (κ1) is 26.5. The minimum Gasteiger partial charge on any atom is -0.497 e. The molecule has 194 valence electrons. The standard InChI is InChI=1S/C30H35N3O3S/c1-22(2)19-33(29(34)17-26-7-6-16-37-26)21-30(35)32(20-23-10-12-25(36-3)13-11-23)15-14-24-18-31-28-9-5-4-8-27(24)28/h4-13,16,18,22,31H,14-15,17,19-21H2,1-3H3. The maximum absolute atomic E-state index is 13.7. The third-order valence-corrected chi connectivity index (χ3v) is 7.26. The second-order valence-electron chi connectivity index (χ2n) is 9.70. The van der Waals surface area contributed by atoms with Crippen molar-refractivity contribution >= 4 is 34.1 Å². The molecule has 4 rings (SSSR count). The van der Waals surface area contributed by atoms with E-state index in [0.717, 1.165) is 28.1 Å². The van der Waals surface area contributed by atoms with Crippen LogP contribution in [0.4, 0.5) is 0 Å². The van der Waals surface area contributed by atoms with Crippen molar-refractivity contribution in [2.24, 2.45) is 5.92 Å². The SMILES string of the molecule is COc1ccc(CN(CCc2c[nH]c3ccccc23)C(=O)CN(CC(C)C)C(=O)Cc2cccs2)cc1. The van der Waals surface area contributed by atoms with Gasteiger partial charge in [0.2, 0.25) is 11.8 Å². The molecule has 0 aliphatic carbocycles.